The van der Waals surface area contributed by atoms with Crippen LogP contribution in [0.25, 0.3) is 10.9 Å². The van der Waals surface area contributed by atoms with Crippen LogP contribution in [-0.4, -0.2) is 42.1 Å². The van der Waals surface area contributed by atoms with Crippen LogP contribution in [0.4, 0.5) is 5.95 Å². The fourth-order valence-corrected chi connectivity index (χ4v) is 3.02. The molecule has 21 heavy (non-hydrogen) atoms. The number of nitrogens with zero attached hydrogens (tertiary/aromatic N) is 3. The third-order valence-corrected chi connectivity index (χ3v) is 4.17. The number of aldehydes is 1. The van der Waals surface area contributed by atoms with Crippen molar-refractivity contribution in [3.63, 3.8) is 0 Å². The maximum Gasteiger partial charge on any atom is 0.262 e. The molecule has 110 valence electrons. The molecule has 0 radical (unpaired) electrons. The first-order valence-electron chi connectivity index (χ1n) is 6.60. The number of morpholine rings is 1. The molecule has 1 saturated heterocycles. The van der Waals surface area contributed by atoms with Crippen LogP contribution in [0.15, 0.2) is 21.4 Å². The summed E-state index contributed by atoms with van der Waals surface area (Å²) in [4.78, 5) is 30.1. The number of fused-ring (bicyclic) bond motifs is 1. The molecule has 0 N–H and O–H groups in total. The third kappa shape index (κ3) is 2.47. The van der Waals surface area contributed by atoms with Crippen molar-refractivity contribution < 1.29 is 9.53 Å². The molecule has 0 atom stereocenters. The van der Waals surface area contributed by atoms with E-state index in [0.29, 0.717) is 53.2 Å². The fourth-order valence-electron chi connectivity index (χ4n) is 2.46. The SMILES string of the molecule is Cn1c(N2CCOCC2)nc2c(Br)cc(C=O)cc2c1=O. The van der Waals surface area contributed by atoms with Gasteiger partial charge in [0.15, 0.2) is 0 Å². The minimum absolute atomic E-state index is 0.161. The highest BCUT2D eigenvalue weighted by Gasteiger charge is 2.18. The topological polar surface area (TPSA) is 64.4 Å². The third-order valence-electron chi connectivity index (χ3n) is 3.56. The smallest absolute Gasteiger partial charge is 0.262 e. The molecule has 1 aromatic heterocycles. The Morgan fingerprint density at radius 1 is 1.33 bits per heavy atom. The molecule has 1 aliphatic heterocycles. The van der Waals surface area contributed by atoms with E-state index in [0.717, 1.165) is 6.29 Å². The first-order valence-corrected chi connectivity index (χ1v) is 7.39. The molecule has 0 bridgehead atoms. The molecule has 1 aliphatic rings. The Balaban J connectivity index is 2.24. The molecule has 0 spiro atoms. The van der Waals surface area contributed by atoms with E-state index < -0.39 is 0 Å². The molecule has 7 heteroatoms. The van der Waals surface area contributed by atoms with E-state index in [1.807, 2.05) is 4.90 Å². The molecule has 0 saturated carbocycles. The molecular formula is C14H14BrN3O3. The summed E-state index contributed by atoms with van der Waals surface area (Å²) in [6.45, 7) is 2.66. The lowest BCUT2D eigenvalue weighted by Gasteiger charge is -2.29. The average Bonchev–Trinajstić information content (AvgIpc) is 2.51. The Kier molecular flexibility index (Phi) is 3.77. The van der Waals surface area contributed by atoms with Gasteiger partial charge in [-0.2, -0.15) is 0 Å². The highest BCUT2D eigenvalue weighted by atomic mass is 79.9. The average molecular weight is 352 g/mol. The zero-order chi connectivity index (χ0) is 15.0. The lowest BCUT2D eigenvalue weighted by molar-refractivity contribution is 0.112. The van der Waals surface area contributed by atoms with Gasteiger partial charge in [-0.1, -0.05) is 0 Å². The summed E-state index contributed by atoms with van der Waals surface area (Å²) in [6.07, 6.45) is 0.722. The second-order valence-electron chi connectivity index (χ2n) is 4.89. The number of aromatic nitrogens is 2. The maximum absolute atomic E-state index is 12.5. The lowest BCUT2D eigenvalue weighted by atomic mass is 10.1. The van der Waals surface area contributed by atoms with Crippen LogP contribution < -0.4 is 10.5 Å². The van der Waals surface area contributed by atoms with E-state index in [4.69, 9.17) is 4.74 Å². The largest absolute Gasteiger partial charge is 0.378 e. The molecule has 0 unspecified atom stereocenters. The predicted octanol–water partition coefficient (Wildman–Crippen LogP) is 1.35. The number of rotatable bonds is 2. The van der Waals surface area contributed by atoms with E-state index in [1.54, 1.807) is 19.2 Å². The second-order valence-corrected chi connectivity index (χ2v) is 5.75. The van der Waals surface area contributed by atoms with Gasteiger partial charge in [-0.3, -0.25) is 14.2 Å². The predicted molar refractivity (Wildman–Crippen MR) is 83.1 cm³/mol. The summed E-state index contributed by atoms with van der Waals surface area (Å²) in [5.41, 5.74) is 0.864. The Morgan fingerprint density at radius 3 is 2.71 bits per heavy atom. The zero-order valence-electron chi connectivity index (χ0n) is 11.5. The summed E-state index contributed by atoms with van der Waals surface area (Å²) in [7, 11) is 1.70. The summed E-state index contributed by atoms with van der Waals surface area (Å²) < 4.78 is 7.50. The summed E-state index contributed by atoms with van der Waals surface area (Å²) >= 11 is 3.39. The van der Waals surface area contributed by atoms with Crippen molar-refractivity contribution in [2.75, 3.05) is 31.2 Å². The van der Waals surface area contributed by atoms with E-state index in [9.17, 15) is 9.59 Å². The normalized spacial score (nSPS) is 15.4. The van der Waals surface area contributed by atoms with Crippen molar-refractivity contribution in [1.82, 2.24) is 9.55 Å². The summed E-state index contributed by atoms with van der Waals surface area (Å²) in [5, 5.41) is 0.436. The summed E-state index contributed by atoms with van der Waals surface area (Å²) in [6, 6.07) is 3.25. The summed E-state index contributed by atoms with van der Waals surface area (Å²) in [5.74, 6) is 0.621. The molecule has 0 aliphatic carbocycles. The van der Waals surface area contributed by atoms with Gasteiger partial charge in [-0.15, -0.1) is 0 Å². The quantitative estimate of drug-likeness (QED) is 0.764. The van der Waals surface area contributed by atoms with Gasteiger partial charge in [0, 0.05) is 30.2 Å². The van der Waals surface area contributed by atoms with Gasteiger partial charge in [0.2, 0.25) is 5.95 Å². The molecule has 1 fully saturated rings. The lowest BCUT2D eigenvalue weighted by Crippen LogP contribution is -2.40. The number of ether oxygens (including phenoxy) is 1. The number of hydrogen-bond acceptors (Lipinski definition) is 5. The van der Waals surface area contributed by atoms with Gasteiger partial charge in [0.1, 0.15) is 6.29 Å². The van der Waals surface area contributed by atoms with Crippen LogP contribution in [0.5, 0.6) is 0 Å². The molecule has 2 heterocycles. The Morgan fingerprint density at radius 2 is 2.05 bits per heavy atom. The van der Waals surface area contributed by atoms with Crippen molar-refractivity contribution in [2.45, 2.75) is 0 Å². The van der Waals surface area contributed by atoms with Gasteiger partial charge < -0.3 is 9.64 Å². The highest BCUT2D eigenvalue weighted by Crippen LogP contribution is 2.24. The molecular weight excluding hydrogens is 338 g/mol. The van der Waals surface area contributed by atoms with Gasteiger partial charge in [-0.05, 0) is 28.1 Å². The van der Waals surface area contributed by atoms with Crippen LogP contribution in [-0.2, 0) is 11.8 Å². The van der Waals surface area contributed by atoms with Crippen molar-refractivity contribution in [3.05, 3.63) is 32.5 Å². The van der Waals surface area contributed by atoms with Gasteiger partial charge in [0.25, 0.3) is 5.56 Å². The van der Waals surface area contributed by atoms with Crippen LogP contribution in [0.1, 0.15) is 10.4 Å². The minimum Gasteiger partial charge on any atom is -0.378 e. The molecule has 0 amide bonds. The Labute approximate surface area is 129 Å². The minimum atomic E-state index is -0.161. The highest BCUT2D eigenvalue weighted by molar-refractivity contribution is 9.10. The van der Waals surface area contributed by atoms with E-state index in [1.165, 1.54) is 4.57 Å². The van der Waals surface area contributed by atoms with E-state index in [-0.39, 0.29) is 5.56 Å². The van der Waals surface area contributed by atoms with Crippen molar-refractivity contribution in [3.8, 4) is 0 Å². The number of carbonyl (C=O) groups excluding carboxylic acids is 1. The van der Waals surface area contributed by atoms with Crippen molar-refractivity contribution in [1.29, 1.82) is 0 Å². The standard InChI is InChI=1S/C14H14BrN3O3/c1-17-13(20)10-6-9(8-19)7-11(15)12(10)16-14(17)18-2-4-21-5-3-18/h6-8H,2-5H2,1H3. The molecule has 3 rings (SSSR count). The zero-order valence-corrected chi connectivity index (χ0v) is 13.1. The van der Waals surface area contributed by atoms with E-state index >= 15 is 0 Å². The molecule has 2 aromatic rings. The fraction of sp³-hybridized carbons (Fsp3) is 0.357. The number of anilines is 1. The number of carbonyl (C=O) groups is 1. The molecule has 6 nitrogen and oxygen atoms in total. The number of hydrogen-bond donors (Lipinski definition) is 0. The van der Waals surface area contributed by atoms with Gasteiger partial charge in [0.05, 0.1) is 24.1 Å². The van der Waals surface area contributed by atoms with Crippen LogP contribution in [0.3, 0.4) is 0 Å². The number of halogens is 1. The van der Waals surface area contributed by atoms with Gasteiger partial charge >= 0.3 is 0 Å². The Bertz CT molecular complexity index is 766. The van der Waals surface area contributed by atoms with Crippen LogP contribution >= 0.6 is 15.9 Å². The van der Waals surface area contributed by atoms with E-state index in [2.05, 4.69) is 20.9 Å². The number of benzene rings is 1. The second kappa shape index (κ2) is 5.57. The first-order chi connectivity index (χ1) is 10.1. The maximum atomic E-state index is 12.5. The van der Waals surface area contributed by atoms with Crippen molar-refractivity contribution in [2.24, 2.45) is 7.05 Å². The van der Waals surface area contributed by atoms with Crippen molar-refractivity contribution >= 4 is 39.1 Å². The Hall–Kier alpha value is -1.73. The van der Waals surface area contributed by atoms with Crippen LogP contribution in [0.2, 0.25) is 0 Å². The first kappa shape index (κ1) is 14.2. The molecule has 1 aromatic carbocycles. The monoisotopic (exact) mass is 351 g/mol. The van der Waals surface area contributed by atoms with Crippen LogP contribution in [0, 0.1) is 0 Å². The van der Waals surface area contributed by atoms with Gasteiger partial charge in [-0.25, -0.2) is 4.98 Å².